The number of imide groups is 2. The van der Waals surface area contributed by atoms with E-state index in [9.17, 15) is 14.4 Å². The molecule has 0 aromatic heterocycles. The standard InChI is InChI=1S/C26H18Cl4N2O5/c1-13-3-5-16(27)11-21(13)32-25(34)17(24(33)31-26(32)35)7-15-9-20(30)23(22(10-15)36-2)37-12-14-4-6-18(28)19(29)8-14/h3-11H,12H2,1-2H3,(H,31,33,35)/b17-7+. The van der Waals surface area contributed by atoms with Crippen LogP contribution in [0.4, 0.5) is 10.5 Å². The Bertz CT molecular complexity index is 1470. The molecule has 0 radical (unpaired) electrons. The normalized spacial score (nSPS) is 14.7. The number of barbiturate groups is 1. The van der Waals surface area contributed by atoms with E-state index in [1.807, 2.05) is 0 Å². The third-order valence-corrected chi connectivity index (χ3v) is 6.70. The molecule has 0 spiro atoms. The van der Waals surface area contributed by atoms with Crippen molar-refractivity contribution in [3.63, 3.8) is 0 Å². The van der Waals surface area contributed by atoms with Crippen molar-refractivity contribution >= 4 is 76.0 Å². The fourth-order valence-electron chi connectivity index (χ4n) is 3.61. The average Bonchev–Trinajstić information content (AvgIpc) is 2.84. The van der Waals surface area contributed by atoms with Gasteiger partial charge in [0, 0.05) is 5.02 Å². The number of hydrogen-bond donors (Lipinski definition) is 1. The van der Waals surface area contributed by atoms with Crippen LogP contribution in [0.5, 0.6) is 11.5 Å². The Labute approximate surface area is 232 Å². The number of aryl methyl sites for hydroxylation is 1. The van der Waals surface area contributed by atoms with E-state index in [2.05, 4.69) is 5.32 Å². The first kappa shape index (κ1) is 26.8. The molecule has 3 aromatic carbocycles. The van der Waals surface area contributed by atoms with E-state index in [0.717, 1.165) is 10.5 Å². The minimum Gasteiger partial charge on any atom is -0.493 e. The second kappa shape index (κ2) is 11.0. The molecule has 0 unspecified atom stereocenters. The number of amides is 4. The summed E-state index contributed by atoms with van der Waals surface area (Å²) in [5.41, 5.74) is 1.73. The molecule has 1 fully saturated rings. The number of hydrogen-bond acceptors (Lipinski definition) is 5. The summed E-state index contributed by atoms with van der Waals surface area (Å²) in [6.07, 6.45) is 1.31. The minimum absolute atomic E-state index is 0.129. The molecule has 0 saturated carbocycles. The highest BCUT2D eigenvalue weighted by molar-refractivity contribution is 6.42. The minimum atomic E-state index is -0.876. The van der Waals surface area contributed by atoms with Gasteiger partial charge in [0.1, 0.15) is 12.2 Å². The maximum Gasteiger partial charge on any atom is 0.335 e. The molecule has 1 aliphatic heterocycles. The average molecular weight is 580 g/mol. The lowest BCUT2D eigenvalue weighted by atomic mass is 10.1. The number of methoxy groups -OCH3 is 1. The summed E-state index contributed by atoms with van der Waals surface area (Å²) in [5.74, 6) is -1.14. The summed E-state index contributed by atoms with van der Waals surface area (Å²) in [4.78, 5) is 39.2. The van der Waals surface area contributed by atoms with Crippen molar-refractivity contribution in [2.24, 2.45) is 0 Å². The molecular formula is C26H18Cl4N2O5. The van der Waals surface area contributed by atoms with Crippen molar-refractivity contribution in [3.8, 4) is 11.5 Å². The number of ether oxygens (including phenoxy) is 2. The number of urea groups is 1. The van der Waals surface area contributed by atoms with Gasteiger partial charge in [-0.3, -0.25) is 14.9 Å². The zero-order chi connectivity index (χ0) is 26.9. The van der Waals surface area contributed by atoms with E-state index in [-0.39, 0.29) is 34.4 Å². The van der Waals surface area contributed by atoms with Crippen LogP contribution in [0, 0.1) is 6.92 Å². The summed E-state index contributed by atoms with van der Waals surface area (Å²) in [7, 11) is 1.43. The highest BCUT2D eigenvalue weighted by atomic mass is 35.5. The second-order valence-corrected chi connectivity index (χ2v) is 9.62. The highest BCUT2D eigenvalue weighted by Crippen LogP contribution is 2.38. The summed E-state index contributed by atoms with van der Waals surface area (Å²) in [5, 5.41) is 3.50. The number of nitrogens with one attached hydrogen (secondary N) is 1. The van der Waals surface area contributed by atoms with Gasteiger partial charge in [-0.25, -0.2) is 9.69 Å². The van der Waals surface area contributed by atoms with Crippen LogP contribution in [0.25, 0.3) is 6.08 Å². The Kier molecular flexibility index (Phi) is 7.99. The van der Waals surface area contributed by atoms with Gasteiger partial charge in [-0.05, 0) is 66.1 Å². The van der Waals surface area contributed by atoms with Gasteiger partial charge in [0.25, 0.3) is 11.8 Å². The zero-order valence-corrected chi connectivity index (χ0v) is 22.4. The van der Waals surface area contributed by atoms with Gasteiger partial charge in [0.2, 0.25) is 0 Å². The highest BCUT2D eigenvalue weighted by Gasteiger charge is 2.37. The number of carbonyl (C=O) groups excluding carboxylic acids is 3. The lowest BCUT2D eigenvalue weighted by molar-refractivity contribution is -0.122. The van der Waals surface area contributed by atoms with Crippen LogP contribution in [0.3, 0.4) is 0 Å². The van der Waals surface area contributed by atoms with Crippen LogP contribution in [0.15, 0.2) is 54.1 Å². The van der Waals surface area contributed by atoms with Crippen molar-refractivity contribution in [1.29, 1.82) is 0 Å². The van der Waals surface area contributed by atoms with E-state index < -0.39 is 17.8 Å². The Morgan fingerprint density at radius 1 is 0.919 bits per heavy atom. The molecule has 0 aliphatic carbocycles. The lowest BCUT2D eigenvalue weighted by Crippen LogP contribution is -2.54. The van der Waals surface area contributed by atoms with E-state index in [0.29, 0.717) is 26.2 Å². The van der Waals surface area contributed by atoms with Gasteiger partial charge in [-0.1, -0.05) is 58.5 Å². The molecule has 0 atom stereocenters. The number of benzene rings is 3. The maximum atomic E-state index is 13.3. The Hall–Kier alpha value is -3.23. The van der Waals surface area contributed by atoms with Crippen LogP contribution in [0.1, 0.15) is 16.7 Å². The van der Waals surface area contributed by atoms with E-state index >= 15 is 0 Å². The van der Waals surface area contributed by atoms with Crippen LogP contribution >= 0.6 is 46.4 Å². The Morgan fingerprint density at radius 3 is 2.38 bits per heavy atom. The molecule has 11 heteroatoms. The third-order valence-electron chi connectivity index (χ3n) is 5.44. The van der Waals surface area contributed by atoms with E-state index in [4.69, 9.17) is 55.9 Å². The molecule has 3 aromatic rings. The first-order valence-corrected chi connectivity index (χ1v) is 12.2. The van der Waals surface area contributed by atoms with E-state index in [1.54, 1.807) is 43.3 Å². The van der Waals surface area contributed by atoms with Crippen LogP contribution in [-0.2, 0) is 16.2 Å². The number of halogens is 4. The number of rotatable bonds is 6. The molecule has 7 nitrogen and oxygen atoms in total. The van der Waals surface area contributed by atoms with Gasteiger partial charge < -0.3 is 9.47 Å². The molecule has 37 heavy (non-hydrogen) atoms. The first-order chi connectivity index (χ1) is 17.6. The van der Waals surface area contributed by atoms with E-state index in [1.165, 1.54) is 25.3 Å². The van der Waals surface area contributed by atoms with Gasteiger partial charge in [0.15, 0.2) is 11.5 Å². The van der Waals surface area contributed by atoms with Crippen molar-refractivity contribution in [1.82, 2.24) is 5.32 Å². The molecule has 1 aliphatic rings. The zero-order valence-electron chi connectivity index (χ0n) is 19.4. The van der Waals surface area contributed by atoms with Gasteiger partial charge >= 0.3 is 6.03 Å². The Balaban J connectivity index is 1.65. The molecule has 4 amide bonds. The fraction of sp³-hybridized carbons (Fsp3) is 0.115. The number of carbonyl (C=O) groups is 3. The topological polar surface area (TPSA) is 84.9 Å². The predicted octanol–water partition coefficient (Wildman–Crippen LogP) is 6.86. The molecule has 4 rings (SSSR count). The van der Waals surface area contributed by atoms with Crippen molar-refractivity contribution in [2.75, 3.05) is 12.0 Å². The Morgan fingerprint density at radius 2 is 1.68 bits per heavy atom. The smallest absolute Gasteiger partial charge is 0.335 e. The third kappa shape index (κ3) is 5.70. The number of anilines is 1. The van der Waals surface area contributed by atoms with Crippen molar-refractivity contribution < 1.29 is 23.9 Å². The molecule has 1 saturated heterocycles. The van der Waals surface area contributed by atoms with Crippen molar-refractivity contribution in [2.45, 2.75) is 13.5 Å². The lowest BCUT2D eigenvalue weighted by Gasteiger charge is -2.27. The molecule has 190 valence electrons. The molecule has 0 bridgehead atoms. The molecule has 1 N–H and O–H groups in total. The number of nitrogens with zero attached hydrogens (tertiary/aromatic N) is 1. The van der Waals surface area contributed by atoms with Crippen LogP contribution in [-0.4, -0.2) is 25.0 Å². The molecule has 1 heterocycles. The van der Waals surface area contributed by atoms with Crippen LogP contribution in [0.2, 0.25) is 20.1 Å². The summed E-state index contributed by atoms with van der Waals surface area (Å²) in [6.45, 7) is 1.84. The summed E-state index contributed by atoms with van der Waals surface area (Å²) < 4.78 is 11.3. The van der Waals surface area contributed by atoms with Gasteiger partial charge in [-0.2, -0.15) is 0 Å². The SMILES string of the molecule is COc1cc(/C=C2\C(=O)NC(=O)N(c3cc(Cl)ccc3C)C2=O)cc(Cl)c1OCc1ccc(Cl)c(Cl)c1. The summed E-state index contributed by atoms with van der Waals surface area (Å²) >= 11 is 24.6. The first-order valence-electron chi connectivity index (χ1n) is 10.7. The monoisotopic (exact) mass is 578 g/mol. The van der Waals surface area contributed by atoms with Crippen molar-refractivity contribution in [3.05, 3.63) is 90.9 Å². The van der Waals surface area contributed by atoms with Gasteiger partial charge in [-0.15, -0.1) is 0 Å². The molecular weight excluding hydrogens is 562 g/mol. The maximum absolute atomic E-state index is 13.3. The largest absolute Gasteiger partial charge is 0.493 e. The van der Waals surface area contributed by atoms with Crippen LogP contribution < -0.4 is 19.7 Å². The fourth-order valence-corrected chi connectivity index (χ4v) is 4.38. The van der Waals surface area contributed by atoms with Gasteiger partial charge in [0.05, 0.1) is 27.9 Å². The second-order valence-electron chi connectivity index (χ2n) is 7.96. The predicted molar refractivity (Wildman–Crippen MR) is 144 cm³/mol. The quantitative estimate of drug-likeness (QED) is 0.255. The summed E-state index contributed by atoms with van der Waals surface area (Å²) in [6, 6.07) is 12.0.